The van der Waals surface area contributed by atoms with Crippen molar-refractivity contribution in [3.63, 3.8) is 0 Å². The molecule has 0 saturated heterocycles. The molecule has 0 aliphatic carbocycles. The van der Waals surface area contributed by atoms with E-state index in [1.807, 2.05) is 0 Å². The van der Waals surface area contributed by atoms with Gasteiger partial charge in [-0.25, -0.2) is 9.86 Å². The molecule has 0 aliphatic rings. The molecule has 8 nitrogen and oxygen atoms in total. The van der Waals surface area contributed by atoms with E-state index in [0.29, 0.717) is 16.5 Å². The third-order valence-electron chi connectivity index (χ3n) is 3.00. The van der Waals surface area contributed by atoms with Gasteiger partial charge in [-0.3, -0.25) is 19.7 Å². The van der Waals surface area contributed by atoms with E-state index in [1.54, 1.807) is 20.8 Å². The number of carboxylic acid groups (broad SMARTS) is 1. The molecule has 0 bridgehead atoms. The lowest BCUT2D eigenvalue weighted by Gasteiger charge is -2.29. The summed E-state index contributed by atoms with van der Waals surface area (Å²) in [7, 11) is 0. The molecule has 1 N–H and O–H groups in total. The normalized spacial score (nSPS) is 11.5. The van der Waals surface area contributed by atoms with Gasteiger partial charge < -0.3 is 5.11 Å². The smallest absolute Gasteiger partial charge is 0.327 e. The van der Waals surface area contributed by atoms with E-state index < -0.39 is 16.5 Å². The SMILES string of the molecule is CC(C)(C)ON(CCC=CC(=O)O)C(=O)Cc1cc([N+](=O)[O-])ccc1Br. The van der Waals surface area contributed by atoms with Crippen molar-refractivity contribution in [1.82, 2.24) is 5.06 Å². The van der Waals surface area contributed by atoms with E-state index in [1.165, 1.54) is 24.3 Å². The predicted octanol–water partition coefficient (Wildman–Crippen LogP) is 3.49. The number of non-ortho nitro benzene ring substituents is 1. The van der Waals surface area contributed by atoms with Crippen LogP contribution in [0.25, 0.3) is 0 Å². The fourth-order valence-corrected chi connectivity index (χ4v) is 2.38. The number of rotatable bonds is 8. The fraction of sp³-hybridized carbons (Fsp3) is 0.412. The number of benzene rings is 1. The maximum Gasteiger partial charge on any atom is 0.327 e. The summed E-state index contributed by atoms with van der Waals surface area (Å²) in [6.07, 6.45) is 2.63. The molecule has 26 heavy (non-hydrogen) atoms. The van der Waals surface area contributed by atoms with Crippen molar-refractivity contribution < 1.29 is 24.5 Å². The molecule has 0 radical (unpaired) electrons. The second-order valence-corrected chi connectivity index (χ2v) is 7.29. The third-order valence-corrected chi connectivity index (χ3v) is 3.78. The van der Waals surface area contributed by atoms with Gasteiger partial charge in [0.2, 0.25) is 0 Å². The first-order chi connectivity index (χ1) is 12.0. The molecule has 1 aromatic rings. The van der Waals surface area contributed by atoms with Gasteiger partial charge in [-0.2, -0.15) is 0 Å². The second kappa shape index (κ2) is 9.44. The van der Waals surface area contributed by atoms with Gasteiger partial charge in [0.15, 0.2) is 0 Å². The van der Waals surface area contributed by atoms with Gasteiger partial charge in [-0.05, 0) is 38.8 Å². The van der Waals surface area contributed by atoms with Crippen molar-refractivity contribution in [3.05, 3.63) is 50.5 Å². The second-order valence-electron chi connectivity index (χ2n) is 6.44. The van der Waals surface area contributed by atoms with Gasteiger partial charge in [0, 0.05) is 22.7 Å². The van der Waals surface area contributed by atoms with Crippen LogP contribution in [0.2, 0.25) is 0 Å². The number of aliphatic carboxylic acids is 1. The Kier molecular flexibility index (Phi) is 7.91. The van der Waals surface area contributed by atoms with Crippen LogP contribution < -0.4 is 0 Å². The third kappa shape index (κ3) is 7.75. The molecule has 9 heteroatoms. The van der Waals surface area contributed by atoms with Gasteiger partial charge in [0.1, 0.15) is 0 Å². The van der Waals surface area contributed by atoms with E-state index >= 15 is 0 Å². The summed E-state index contributed by atoms with van der Waals surface area (Å²) in [6.45, 7) is 5.50. The van der Waals surface area contributed by atoms with Gasteiger partial charge in [0.25, 0.3) is 11.6 Å². The molecule has 142 valence electrons. The number of hydrogen-bond donors (Lipinski definition) is 1. The van der Waals surface area contributed by atoms with Crippen LogP contribution in [0, 0.1) is 10.1 Å². The number of nitrogens with zero attached hydrogens (tertiary/aromatic N) is 2. The summed E-state index contributed by atoms with van der Waals surface area (Å²) in [5.41, 5.74) is -0.275. The number of carbonyl (C=O) groups excluding carboxylic acids is 1. The first-order valence-electron chi connectivity index (χ1n) is 7.81. The van der Waals surface area contributed by atoms with Crippen molar-refractivity contribution in [1.29, 1.82) is 0 Å². The molecular weight excluding hydrogens is 408 g/mol. The lowest BCUT2D eigenvalue weighted by molar-refractivity contribution is -0.384. The minimum atomic E-state index is -1.07. The Morgan fingerprint density at radius 2 is 2.04 bits per heavy atom. The molecule has 1 aromatic carbocycles. The number of nitro benzene ring substituents is 1. The highest BCUT2D eigenvalue weighted by atomic mass is 79.9. The minimum Gasteiger partial charge on any atom is -0.478 e. The lowest BCUT2D eigenvalue weighted by Crippen LogP contribution is -2.39. The van der Waals surface area contributed by atoms with Crippen LogP contribution >= 0.6 is 15.9 Å². The molecule has 0 spiro atoms. The van der Waals surface area contributed by atoms with E-state index in [-0.39, 0.29) is 24.6 Å². The highest BCUT2D eigenvalue weighted by Gasteiger charge is 2.23. The Hall–Kier alpha value is -2.26. The topological polar surface area (TPSA) is 110 Å². The minimum absolute atomic E-state index is 0.0962. The van der Waals surface area contributed by atoms with Crippen LogP contribution in [0.4, 0.5) is 5.69 Å². The molecule has 0 heterocycles. The molecule has 1 amide bonds. The zero-order valence-electron chi connectivity index (χ0n) is 14.8. The predicted molar refractivity (Wildman–Crippen MR) is 98.4 cm³/mol. The van der Waals surface area contributed by atoms with E-state index in [0.717, 1.165) is 11.1 Å². The van der Waals surface area contributed by atoms with E-state index in [4.69, 9.17) is 9.94 Å². The van der Waals surface area contributed by atoms with Crippen LogP contribution in [-0.4, -0.2) is 39.1 Å². The van der Waals surface area contributed by atoms with Gasteiger partial charge >= 0.3 is 5.97 Å². The Labute approximate surface area is 159 Å². The van der Waals surface area contributed by atoms with Crippen LogP contribution in [0.5, 0.6) is 0 Å². The van der Waals surface area contributed by atoms with E-state index in [2.05, 4.69) is 15.9 Å². The summed E-state index contributed by atoms with van der Waals surface area (Å²) in [4.78, 5) is 39.2. The number of halogens is 1. The lowest BCUT2D eigenvalue weighted by atomic mass is 10.1. The summed E-state index contributed by atoms with van der Waals surface area (Å²) < 4.78 is 0.581. The molecule has 0 aromatic heterocycles. The zero-order valence-corrected chi connectivity index (χ0v) is 16.4. The summed E-state index contributed by atoms with van der Waals surface area (Å²) in [5, 5.41) is 20.7. The van der Waals surface area contributed by atoms with Gasteiger partial charge in [0.05, 0.1) is 23.5 Å². The number of carboxylic acids is 1. The standard InChI is InChI=1S/C17H21BrN2O6/c1-17(2,3)26-19(9-5-4-6-16(22)23)15(21)11-12-10-13(20(24)25)7-8-14(12)18/h4,6-8,10H,5,9,11H2,1-3H3,(H,22,23). The molecule has 0 fully saturated rings. The number of hydrogen-bond acceptors (Lipinski definition) is 5. The molecule has 0 aliphatic heterocycles. The first-order valence-corrected chi connectivity index (χ1v) is 8.60. The summed E-state index contributed by atoms with van der Waals surface area (Å²) >= 11 is 3.29. The number of carbonyl (C=O) groups is 2. The van der Waals surface area contributed by atoms with Crippen molar-refractivity contribution in [2.75, 3.05) is 6.54 Å². The molecule has 0 saturated carbocycles. The zero-order chi connectivity index (χ0) is 19.9. The average molecular weight is 429 g/mol. The van der Waals surface area contributed by atoms with Crippen molar-refractivity contribution in [2.45, 2.75) is 39.2 Å². The van der Waals surface area contributed by atoms with Crippen LogP contribution in [0.3, 0.4) is 0 Å². The number of amides is 1. The Morgan fingerprint density at radius 3 is 2.58 bits per heavy atom. The molecular formula is C17H21BrN2O6. The molecule has 0 unspecified atom stereocenters. The molecule has 0 atom stereocenters. The summed E-state index contributed by atoms with van der Waals surface area (Å²) in [5.74, 6) is -1.45. The van der Waals surface area contributed by atoms with Crippen LogP contribution in [-0.2, 0) is 20.8 Å². The Morgan fingerprint density at radius 1 is 1.38 bits per heavy atom. The number of hydroxylamine groups is 2. The fourth-order valence-electron chi connectivity index (χ4n) is 1.99. The number of nitro groups is 1. The first kappa shape index (κ1) is 21.8. The van der Waals surface area contributed by atoms with Crippen molar-refractivity contribution in [3.8, 4) is 0 Å². The monoisotopic (exact) mass is 428 g/mol. The average Bonchev–Trinajstić information content (AvgIpc) is 2.50. The van der Waals surface area contributed by atoms with Crippen molar-refractivity contribution >= 4 is 33.5 Å². The van der Waals surface area contributed by atoms with Gasteiger partial charge in [-0.1, -0.05) is 22.0 Å². The Balaban J connectivity index is 2.92. The van der Waals surface area contributed by atoms with Crippen molar-refractivity contribution in [2.24, 2.45) is 0 Å². The highest BCUT2D eigenvalue weighted by molar-refractivity contribution is 9.10. The maximum atomic E-state index is 12.6. The largest absolute Gasteiger partial charge is 0.478 e. The Bertz CT molecular complexity index is 712. The highest BCUT2D eigenvalue weighted by Crippen LogP contribution is 2.24. The maximum absolute atomic E-state index is 12.6. The quantitative estimate of drug-likeness (QED) is 0.385. The van der Waals surface area contributed by atoms with Crippen LogP contribution in [0.1, 0.15) is 32.8 Å². The molecule has 1 rings (SSSR count). The summed E-state index contributed by atoms with van der Waals surface area (Å²) in [6, 6.07) is 4.20. The van der Waals surface area contributed by atoms with Gasteiger partial charge in [-0.15, -0.1) is 0 Å². The van der Waals surface area contributed by atoms with Crippen LogP contribution in [0.15, 0.2) is 34.8 Å². The van der Waals surface area contributed by atoms with E-state index in [9.17, 15) is 19.7 Å².